The van der Waals surface area contributed by atoms with Crippen molar-refractivity contribution in [3.05, 3.63) is 156 Å². The molecule has 0 saturated carbocycles. The molecule has 0 aliphatic heterocycles. The van der Waals surface area contributed by atoms with Gasteiger partial charge in [0, 0.05) is 0 Å². The van der Waals surface area contributed by atoms with Crippen LogP contribution >= 0.6 is 0 Å². The Kier molecular flexibility index (Phi) is 4.92. The van der Waals surface area contributed by atoms with E-state index in [1.54, 1.807) is 0 Å². The minimum Gasteiger partial charge on any atom is -0.384 e. The molecule has 0 amide bonds. The minimum absolute atomic E-state index is 0.763. The first-order valence-corrected chi connectivity index (χ1v) is 14.4. The molecule has 0 heterocycles. The topological polar surface area (TPSA) is 40.5 Å². The first kappa shape index (κ1) is 23.7. The lowest BCUT2D eigenvalue weighted by molar-refractivity contribution is 0.215. The van der Waals surface area contributed by atoms with Crippen LogP contribution in [0.1, 0.15) is 34.5 Å². The molecule has 2 nitrogen and oxygen atoms in total. The molecule has 9 aromatic carbocycles. The molecule has 42 heavy (non-hydrogen) atoms. The average Bonchev–Trinajstić information content (AvgIpc) is 3.05. The molecule has 0 aliphatic carbocycles. The lowest BCUT2D eigenvalue weighted by atomic mass is 9.87. The number of aliphatic hydroxyl groups is 2. The van der Waals surface area contributed by atoms with Crippen LogP contribution in [0.15, 0.2) is 133 Å². The fraction of sp³-hybridized carbons (Fsp3) is 0.0500. The molecule has 0 bridgehead atoms. The Morgan fingerprint density at radius 3 is 1.10 bits per heavy atom. The van der Waals surface area contributed by atoms with Crippen molar-refractivity contribution in [2.75, 3.05) is 0 Å². The van der Waals surface area contributed by atoms with Crippen LogP contribution in [0, 0.1) is 0 Å². The van der Waals surface area contributed by atoms with E-state index < -0.39 is 12.2 Å². The van der Waals surface area contributed by atoms with E-state index in [1.807, 2.05) is 36.4 Å². The summed E-state index contributed by atoms with van der Waals surface area (Å²) in [6.07, 6.45) is -1.66. The highest BCUT2D eigenvalue weighted by molar-refractivity contribution is 6.24. The third kappa shape index (κ3) is 3.28. The molecule has 0 spiro atoms. The number of benzene rings is 9. The van der Waals surface area contributed by atoms with Crippen molar-refractivity contribution in [2.45, 2.75) is 12.2 Å². The summed E-state index contributed by atoms with van der Waals surface area (Å²) < 4.78 is 0. The zero-order valence-corrected chi connectivity index (χ0v) is 22.8. The van der Waals surface area contributed by atoms with Gasteiger partial charge in [-0.25, -0.2) is 0 Å². The second-order valence-corrected chi connectivity index (χ2v) is 11.5. The summed E-state index contributed by atoms with van der Waals surface area (Å²) in [6, 6.07) is 46.1. The highest BCUT2D eigenvalue weighted by Gasteiger charge is 2.21. The molecule has 9 rings (SSSR count). The standard InChI is InChI=1S/C40H26O2/c41-39(33-20-16-27-12-10-23-4-1-6-25-14-18-31(33)37(27)35(23)25)29-8-3-9-30(22-29)40(42)34-21-17-28-13-11-24-5-2-7-26-15-19-32(34)38(28)36(24)26/h1-22,39-42H. The van der Waals surface area contributed by atoms with Crippen LogP contribution in [0.3, 0.4) is 0 Å². The molecule has 198 valence electrons. The van der Waals surface area contributed by atoms with Crippen molar-refractivity contribution >= 4 is 64.6 Å². The molecule has 2 unspecified atom stereocenters. The van der Waals surface area contributed by atoms with Gasteiger partial charge in [0.05, 0.1) is 0 Å². The van der Waals surface area contributed by atoms with Crippen molar-refractivity contribution in [2.24, 2.45) is 0 Å². The summed E-state index contributed by atoms with van der Waals surface area (Å²) in [5, 5.41) is 37.7. The van der Waals surface area contributed by atoms with Gasteiger partial charge in [-0.15, -0.1) is 0 Å². The molecular weight excluding hydrogens is 512 g/mol. The van der Waals surface area contributed by atoms with Gasteiger partial charge >= 0.3 is 0 Å². The molecule has 0 saturated heterocycles. The number of rotatable bonds is 4. The monoisotopic (exact) mass is 538 g/mol. The van der Waals surface area contributed by atoms with E-state index >= 15 is 0 Å². The SMILES string of the molecule is OC(c1cccc(C(O)c2ccc3ccc4cccc5ccc2c3c45)c1)c1ccc2ccc3cccc4ccc1c2c34. The van der Waals surface area contributed by atoms with Gasteiger partial charge in [-0.2, -0.15) is 0 Å². The van der Waals surface area contributed by atoms with Crippen molar-refractivity contribution in [1.82, 2.24) is 0 Å². The molecule has 2 atom stereocenters. The molecule has 2 N–H and O–H groups in total. The molecule has 0 aliphatic rings. The smallest absolute Gasteiger partial charge is 0.105 e. The van der Waals surface area contributed by atoms with Gasteiger partial charge in [0.15, 0.2) is 0 Å². The van der Waals surface area contributed by atoms with Gasteiger partial charge < -0.3 is 10.2 Å². The van der Waals surface area contributed by atoms with Crippen LogP contribution in [0.2, 0.25) is 0 Å². The predicted octanol–water partition coefficient (Wildman–Crippen LogP) is 9.64. The molecule has 0 radical (unpaired) electrons. The average molecular weight is 539 g/mol. The van der Waals surface area contributed by atoms with Crippen molar-refractivity contribution in [3.63, 3.8) is 0 Å². The zero-order chi connectivity index (χ0) is 27.9. The third-order valence-electron chi connectivity index (χ3n) is 9.26. The highest BCUT2D eigenvalue weighted by atomic mass is 16.3. The first-order chi connectivity index (χ1) is 20.7. The van der Waals surface area contributed by atoms with E-state index in [-0.39, 0.29) is 0 Å². The largest absolute Gasteiger partial charge is 0.384 e. The first-order valence-electron chi connectivity index (χ1n) is 14.4. The van der Waals surface area contributed by atoms with Crippen LogP contribution in [0.5, 0.6) is 0 Å². The number of hydrogen-bond donors (Lipinski definition) is 2. The van der Waals surface area contributed by atoms with Crippen LogP contribution in [0.25, 0.3) is 64.6 Å². The summed E-state index contributed by atoms with van der Waals surface area (Å²) in [5.41, 5.74) is 3.27. The Labute approximate surface area is 242 Å². The Morgan fingerprint density at radius 1 is 0.333 bits per heavy atom. The molecular formula is C40H26O2. The molecule has 0 aromatic heterocycles. The maximum atomic E-state index is 11.8. The quantitative estimate of drug-likeness (QED) is 0.219. The van der Waals surface area contributed by atoms with Gasteiger partial charge in [-0.05, 0) is 93.0 Å². The van der Waals surface area contributed by atoms with Crippen LogP contribution < -0.4 is 0 Å². The lowest BCUT2D eigenvalue weighted by Gasteiger charge is -2.20. The lowest BCUT2D eigenvalue weighted by Crippen LogP contribution is -2.05. The maximum absolute atomic E-state index is 11.8. The predicted molar refractivity (Wildman–Crippen MR) is 175 cm³/mol. The Morgan fingerprint density at radius 2 is 0.667 bits per heavy atom. The summed E-state index contributed by atoms with van der Waals surface area (Å²) in [6.45, 7) is 0. The fourth-order valence-corrected chi connectivity index (χ4v) is 7.25. The van der Waals surface area contributed by atoms with Crippen LogP contribution in [-0.4, -0.2) is 10.2 Å². The second kappa shape index (κ2) is 8.74. The van der Waals surface area contributed by atoms with E-state index in [0.29, 0.717) is 0 Å². The van der Waals surface area contributed by atoms with Gasteiger partial charge in [0.25, 0.3) is 0 Å². The van der Waals surface area contributed by atoms with Crippen molar-refractivity contribution < 1.29 is 10.2 Å². The van der Waals surface area contributed by atoms with Gasteiger partial charge in [-0.3, -0.25) is 0 Å². The molecule has 2 heteroatoms. The fourth-order valence-electron chi connectivity index (χ4n) is 7.25. The van der Waals surface area contributed by atoms with Gasteiger partial charge in [-0.1, -0.05) is 127 Å². The Bertz CT molecular complexity index is 2250. The van der Waals surface area contributed by atoms with Gasteiger partial charge in [0.1, 0.15) is 12.2 Å². The van der Waals surface area contributed by atoms with E-state index in [9.17, 15) is 10.2 Å². The summed E-state index contributed by atoms with van der Waals surface area (Å²) in [4.78, 5) is 0. The van der Waals surface area contributed by atoms with E-state index in [0.717, 1.165) is 33.0 Å². The Hall–Kier alpha value is -5.02. The number of hydrogen-bond acceptors (Lipinski definition) is 2. The van der Waals surface area contributed by atoms with Crippen molar-refractivity contribution in [1.29, 1.82) is 0 Å². The normalized spacial score (nSPS) is 13.8. The summed E-state index contributed by atoms with van der Waals surface area (Å²) in [7, 11) is 0. The minimum atomic E-state index is -0.830. The van der Waals surface area contributed by atoms with Gasteiger partial charge in [0.2, 0.25) is 0 Å². The number of aliphatic hydroxyl groups excluding tert-OH is 2. The van der Waals surface area contributed by atoms with E-state index in [2.05, 4.69) is 97.1 Å². The van der Waals surface area contributed by atoms with Crippen LogP contribution in [0.4, 0.5) is 0 Å². The zero-order valence-electron chi connectivity index (χ0n) is 22.8. The van der Waals surface area contributed by atoms with Crippen LogP contribution in [-0.2, 0) is 0 Å². The highest BCUT2D eigenvalue weighted by Crippen LogP contribution is 2.41. The summed E-state index contributed by atoms with van der Waals surface area (Å²) in [5.74, 6) is 0. The molecule has 9 aromatic rings. The summed E-state index contributed by atoms with van der Waals surface area (Å²) >= 11 is 0. The second-order valence-electron chi connectivity index (χ2n) is 11.5. The van der Waals surface area contributed by atoms with E-state index in [1.165, 1.54) is 53.9 Å². The van der Waals surface area contributed by atoms with Crippen molar-refractivity contribution in [3.8, 4) is 0 Å². The Balaban J connectivity index is 1.17. The van der Waals surface area contributed by atoms with E-state index in [4.69, 9.17) is 0 Å². The maximum Gasteiger partial charge on any atom is 0.105 e. The molecule has 0 fully saturated rings. The third-order valence-corrected chi connectivity index (χ3v) is 9.26.